The van der Waals surface area contributed by atoms with Gasteiger partial charge in [0, 0.05) is 4.47 Å². The summed E-state index contributed by atoms with van der Waals surface area (Å²) in [6, 6.07) is 7.93. The second-order valence-corrected chi connectivity index (χ2v) is 6.10. The Kier molecular flexibility index (Phi) is 5.05. The van der Waals surface area contributed by atoms with Crippen molar-refractivity contribution in [1.82, 2.24) is 5.32 Å². The van der Waals surface area contributed by atoms with Gasteiger partial charge in [-0.05, 0) is 57.8 Å². The van der Waals surface area contributed by atoms with Crippen LogP contribution in [0.5, 0.6) is 0 Å². The van der Waals surface area contributed by atoms with Crippen molar-refractivity contribution in [3.05, 3.63) is 50.6 Å². The summed E-state index contributed by atoms with van der Waals surface area (Å²) >= 11 is 9.64. The number of carbonyl (C=O) groups excluding carboxylic acids is 1. The summed E-state index contributed by atoms with van der Waals surface area (Å²) in [5.74, 6) is -1.35. The highest BCUT2D eigenvalue weighted by Crippen LogP contribution is 2.23. The first kappa shape index (κ1) is 15.6. The molecule has 0 aliphatic heterocycles. The summed E-state index contributed by atoms with van der Waals surface area (Å²) in [6.45, 7) is 0. The van der Waals surface area contributed by atoms with Gasteiger partial charge in [0.15, 0.2) is 5.11 Å². The summed E-state index contributed by atoms with van der Waals surface area (Å²) < 4.78 is 0.639. The Balaban J connectivity index is 2.07. The molecule has 1 aromatic carbocycles. The Morgan fingerprint density at radius 3 is 2.67 bits per heavy atom. The summed E-state index contributed by atoms with van der Waals surface area (Å²) in [4.78, 5) is 23.3. The van der Waals surface area contributed by atoms with E-state index in [0.29, 0.717) is 15.0 Å². The average molecular weight is 385 g/mol. The molecule has 108 valence electrons. The number of carbonyl (C=O) groups is 2. The third-order valence-electron chi connectivity index (χ3n) is 2.43. The minimum Gasteiger partial charge on any atom is -0.478 e. The number of amides is 1. The van der Waals surface area contributed by atoms with Gasteiger partial charge in [-0.2, -0.15) is 0 Å². The molecule has 0 saturated carbocycles. The molecule has 2 aromatic rings. The fourth-order valence-corrected chi connectivity index (χ4v) is 2.65. The van der Waals surface area contributed by atoms with E-state index in [1.54, 1.807) is 23.6 Å². The lowest BCUT2D eigenvalue weighted by atomic mass is 10.2. The van der Waals surface area contributed by atoms with Crippen LogP contribution in [-0.2, 0) is 0 Å². The molecule has 0 saturated heterocycles. The topological polar surface area (TPSA) is 78.4 Å². The van der Waals surface area contributed by atoms with Crippen LogP contribution in [0, 0.1) is 0 Å². The Morgan fingerprint density at radius 2 is 2.05 bits per heavy atom. The van der Waals surface area contributed by atoms with Crippen molar-refractivity contribution >= 4 is 62.2 Å². The Bertz CT molecular complexity index is 701. The maximum atomic E-state index is 11.8. The number of hydrogen-bond acceptors (Lipinski definition) is 4. The predicted octanol–water partition coefficient (Wildman–Crippen LogP) is 3.34. The van der Waals surface area contributed by atoms with E-state index >= 15 is 0 Å². The van der Waals surface area contributed by atoms with E-state index in [9.17, 15) is 9.59 Å². The molecule has 0 radical (unpaired) electrons. The molecule has 0 spiro atoms. The van der Waals surface area contributed by atoms with E-state index in [1.165, 1.54) is 23.5 Å². The van der Waals surface area contributed by atoms with Crippen LogP contribution < -0.4 is 10.6 Å². The summed E-state index contributed by atoms with van der Waals surface area (Å²) in [5, 5.41) is 16.2. The second kappa shape index (κ2) is 6.79. The zero-order valence-corrected chi connectivity index (χ0v) is 13.6. The first-order chi connectivity index (χ1) is 9.97. The van der Waals surface area contributed by atoms with Crippen molar-refractivity contribution in [2.45, 2.75) is 0 Å². The highest BCUT2D eigenvalue weighted by molar-refractivity contribution is 9.10. The van der Waals surface area contributed by atoms with Crippen LogP contribution in [-0.4, -0.2) is 22.1 Å². The van der Waals surface area contributed by atoms with Crippen molar-refractivity contribution in [2.24, 2.45) is 0 Å². The predicted molar refractivity (Wildman–Crippen MR) is 89.1 cm³/mol. The smallest absolute Gasteiger partial charge is 0.335 e. The molecule has 1 heterocycles. The highest BCUT2D eigenvalue weighted by atomic mass is 79.9. The summed E-state index contributed by atoms with van der Waals surface area (Å²) in [5.41, 5.74) is 0.583. The first-order valence-corrected chi connectivity index (χ1v) is 7.74. The number of thiocarbonyl (C=S) groups is 1. The van der Waals surface area contributed by atoms with Crippen molar-refractivity contribution in [3.63, 3.8) is 0 Å². The normalized spacial score (nSPS) is 9.95. The Morgan fingerprint density at radius 1 is 1.29 bits per heavy atom. The number of benzene rings is 1. The standard InChI is InChI=1S/C13H9BrN2O3S2/c14-8-4-3-7(12(18)19)6-9(8)15-13(20)16-11(17)10-2-1-5-21-10/h1-6H,(H,18,19)(H2,15,16,17,20). The van der Waals surface area contributed by atoms with Gasteiger partial charge in [0.2, 0.25) is 0 Å². The summed E-state index contributed by atoms with van der Waals surface area (Å²) in [7, 11) is 0. The van der Waals surface area contributed by atoms with Crippen LogP contribution in [0.15, 0.2) is 40.2 Å². The summed E-state index contributed by atoms with van der Waals surface area (Å²) in [6.07, 6.45) is 0. The molecule has 21 heavy (non-hydrogen) atoms. The van der Waals surface area contributed by atoms with Gasteiger partial charge in [-0.25, -0.2) is 4.79 Å². The number of hydrogen-bond donors (Lipinski definition) is 3. The Hall–Kier alpha value is -1.77. The van der Waals surface area contributed by atoms with E-state index in [0.717, 1.165) is 0 Å². The monoisotopic (exact) mass is 384 g/mol. The third kappa shape index (κ3) is 4.10. The van der Waals surface area contributed by atoms with Crippen LogP contribution in [0.2, 0.25) is 0 Å². The molecule has 2 rings (SSSR count). The Labute approximate surface area is 138 Å². The van der Waals surface area contributed by atoms with Crippen LogP contribution in [0.25, 0.3) is 0 Å². The van der Waals surface area contributed by atoms with Crippen LogP contribution >= 0.6 is 39.5 Å². The lowest BCUT2D eigenvalue weighted by Gasteiger charge is -2.11. The van der Waals surface area contributed by atoms with E-state index in [-0.39, 0.29) is 16.6 Å². The lowest BCUT2D eigenvalue weighted by molar-refractivity contribution is 0.0696. The third-order valence-corrected chi connectivity index (χ3v) is 4.20. The number of halogens is 1. The quantitative estimate of drug-likeness (QED) is 0.707. The largest absolute Gasteiger partial charge is 0.478 e. The number of carboxylic acids is 1. The van der Waals surface area contributed by atoms with Crippen molar-refractivity contribution < 1.29 is 14.7 Å². The number of thiophene rings is 1. The van der Waals surface area contributed by atoms with Crippen molar-refractivity contribution in [2.75, 3.05) is 5.32 Å². The van der Waals surface area contributed by atoms with Gasteiger partial charge >= 0.3 is 5.97 Å². The molecule has 0 bridgehead atoms. The van der Waals surface area contributed by atoms with Gasteiger partial charge in [0.1, 0.15) is 0 Å². The molecule has 5 nitrogen and oxygen atoms in total. The zero-order chi connectivity index (χ0) is 15.4. The van der Waals surface area contributed by atoms with Crippen molar-refractivity contribution in [3.8, 4) is 0 Å². The molecule has 0 atom stereocenters. The van der Waals surface area contributed by atoms with Gasteiger partial charge in [0.05, 0.1) is 16.1 Å². The molecule has 1 amide bonds. The zero-order valence-electron chi connectivity index (χ0n) is 10.4. The van der Waals surface area contributed by atoms with E-state index in [2.05, 4.69) is 26.6 Å². The van der Waals surface area contributed by atoms with Crippen LogP contribution in [0.3, 0.4) is 0 Å². The molecular formula is C13H9BrN2O3S2. The molecule has 1 aromatic heterocycles. The van der Waals surface area contributed by atoms with E-state index < -0.39 is 5.97 Å². The minimum absolute atomic E-state index is 0.0941. The van der Waals surface area contributed by atoms with Gasteiger partial charge in [0.25, 0.3) is 5.91 Å². The van der Waals surface area contributed by atoms with Crippen molar-refractivity contribution in [1.29, 1.82) is 0 Å². The first-order valence-electron chi connectivity index (χ1n) is 5.66. The second-order valence-electron chi connectivity index (χ2n) is 3.89. The maximum absolute atomic E-state index is 11.8. The number of aromatic carboxylic acids is 1. The number of rotatable bonds is 3. The van der Waals surface area contributed by atoms with Gasteiger partial charge in [-0.3, -0.25) is 10.1 Å². The molecular weight excluding hydrogens is 376 g/mol. The lowest BCUT2D eigenvalue weighted by Crippen LogP contribution is -2.33. The molecule has 0 fully saturated rings. The maximum Gasteiger partial charge on any atom is 0.335 e. The molecule has 0 aliphatic carbocycles. The fourth-order valence-electron chi connectivity index (χ4n) is 1.48. The number of carboxylic acid groups (broad SMARTS) is 1. The molecule has 8 heteroatoms. The molecule has 0 aliphatic rings. The SMILES string of the molecule is O=C(O)c1ccc(Br)c(NC(=S)NC(=O)c2cccs2)c1. The van der Waals surface area contributed by atoms with E-state index in [1.807, 2.05) is 0 Å². The minimum atomic E-state index is -1.04. The van der Waals surface area contributed by atoms with Gasteiger partial charge in [-0.15, -0.1) is 11.3 Å². The van der Waals surface area contributed by atoms with Gasteiger partial charge < -0.3 is 10.4 Å². The van der Waals surface area contributed by atoms with Gasteiger partial charge in [-0.1, -0.05) is 6.07 Å². The van der Waals surface area contributed by atoms with Crippen LogP contribution in [0.1, 0.15) is 20.0 Å². The van der Waals surface area contributed by atoms with Crippen LogP contribution in [0.4, 0.5) is 5.69 Å². The molecule has 0 unspecified atom stereocenters. The fraction of sp³-hybridized carbons (Fsp3) is 0. The number of nitrogens with one attached hydrogen (secondary N) is 2. The number of anilines is 1. The molecule has 3 N–H and O–H groups in total. The van der Waals surface area contributed by atoms with E-state index in [4.69, 9.17) is 17.3 Å². The average Bonchev–Trinajstić information content (AvgIpc) is 2.95. The highest BCUT2D eigenvalue weighted by Gasteiger charge is 2.11.